The van der Waals surface area contributed by atoms with Gasteiger partial charge in [-0.1, -0.05) is 18.2 Å². The maximum atomic E-state index is 13.9. The van der Waals surface area contributed by atoms with Gasteiger partial charge in [-0.15, -0.1) is 0 Å². The molecule has 3 atom stereocenters. The molecule has 3 unspecified atom stereocenters. The Kier molecular flexibility index (Phi) is 4.15. The van der Waals surface area contributed by atoms with Gasteiger partial charge in [-0.25, -0.2) is 14.1 Å². The van der Waals surface area contributed by atoms with Crippen LogP contribution in [-0.4, -0.2) is 39.9 Å². The van der Waals surface area contributed by atoms with E-state index in [1.54, 1.807) is 13.1 Å². The molecule has 1 aromatic carbocycles. The fraction of sp³-hybridized carbons (Fsp3) is 0.500. The van der Waals surface area contributed by atoms with Crippen LogP contribution in [0.2, 0.25) is 0 Å². The number of nitrogens with zero attached hydrogens (tertiary/aromatic N) is 4. The van der Waals surface area contributed by atoms with E-state index >= 15 is 0 Å². The van der Waals surface area contributed by atoms with Crippen LogP contribution in [0.1, 0.15) is 36.0 Å². The smallest absolute Gasteiger partial charge is 0.191 e. The summed E-state index contributed by atoms with van der Waals surface area (Å²) < 4.78 is 15.9. The molecule has 6 nitrogen and oxygen atoms in total. The molecular weight excluding hydrogens is 319 g/mol. The maximum absolute atomic E-state index is 13.9. The van der Waals surface area contributed by atoms with E-state index in [4.69, 9.17) is 0 Å². The van der Waals surface area contributed by atoms with Crippen LogP contribution in [-0.2, 0) is 13.0 Å². The van der Waals surface area contributed by atoms with E-state index in [2.05, 4.69) is 25.7 Å². The largest absolute Gasteiger partial charge is 0.353 e. The fourth-order valence-corrected chi connectivity index (χ4v) is 3.57. The monoisotopic (exact) mass is 342 g/mol. The van der Waals surface area contributed by atoms with Crippen molar-refractivity contribution >= 4 is 5.96 Å². The van der Waals surface area contributed by atoms with Gasteiger partial charge in [0.15, 0.2) is 5.96 Å². The quantitative estimate of drug-likeness (QED) is 0.659. The second-order valence-corrected chi connectivity index (χ2v) is 6.82. The van der Waals surface area contributed by atoms with Gasteiger partial charge in [0, 0.05) is 31.5 Å². The van der Waals surface area contributed by atoms with E-state index < -0.39 is 0 Å². The molecule has 7 heteroatoms. The van der Waals surface area contributed by atoms with Gasteiger partial charge in [0.1, 0.15) is 17.5 Å². The van der Waals surface area contributed by atoms with Gasteiger partial charge in [0.25, 0.3) is 0 Å². The number of aryl methyl sites for hydroxylation is 2. The highest BCUT2D eigenvalue weighted by atomic mass is 19.1. The van der Waals surface area contributed by atoms with Crippen molar-refractivity contribution in [2.45, 2.75) is 50.7 Å². The minimum absolute atomic E-state index is 0.124. The summed E-state index contributed by atoms with van der Waals surface area (Å²) in [6.45, 7) is 2.71. The third-order valence-electron chi connectivity index (χ3n) is 4.95. The van der Waals surface area contributed by atoms with Gasteiger partial charge in [-0.3, -0.25) is 4.99 Å². The van der Waals surface area contributed by atoms with E-state index in [1.807, 2.05) is 23.7 Å². The van der Waals surface area contributed by atoms with Crippen molar-refractivity contribution in [2.75, 3.05) is 7.05 Å². The first-order valence-corrected chi connectivity index (χ1v) is 8.78. The molecule has 132 valence electrons. The number of hydrogen-bond donors (Lipinski definition) is 2. The molecule has 0 spiro atoms. The van der Waals surface area contributed by atoms with Gasteiger partial charge >= 0.3 is 0 Å². The Labute approximate surface area is 146 Å². The lowest BCUT2D eigenvalue weighted by molar-refractivity contribution is 0.392. The molecule has 0 radical (unpaired) electrons. The number of rotatable bonds is 3. The number of fused-ring (bicyclic) bond motifs is 1. The van der Waals surface area contributed by atoms with Gasteiger partial charge in [-0.2, -0.15) is 5.10 Å². The average molecular weight is 342 g/mol. The van der Waals surface area contributed by atoms with Crippen LogP contribution in [0.3, 0.4) is 0 Å². The number of benzene rings is 1. The molecule has 4 rings (SSSR count). The summed E-state index contributed by atoms with van der Waals surface area (Å²) >= 11 is 0. The summed E-state index contributed by atoms with van der Waals surface area (Å²) in [5.41, 5.74) is 0.788. The van der Waals surface area contributed by atoms with Crippen molar-refractivity contribution in [1.82, 2.24) is 25.4 Å². The predicted octanol–water partition coefficient (Wildman–Crippen LogP) is 1.76. The van der Waals surface area contributed by atoms with Gasteiger partial charge < -0.3 is 10.6 Å². The highest BCUT2D eigenvalue weighted by Crippen LogP contribution is 2.41. The third-order valence-corrected chi connectivity index (χ3v) is 4.95. The summed E-state index contributed by atoms with van der Waals surface area (Å²) in [5, 5.41) is 11.3. The SMILES string of the molecule is CN=C(NC1CCc2nc(C)nn2C1)NC1CC1c1ccccc1F. The summed E-state index contributed by atoms with van der Waals surface area (Å²) in [6, 6.07) is 7.51. The minimum Gasteiger partial charge on any atom is -0.353 e. The molecular formula is C18H23FN6. The molecule has 1 aliphatic carbocycles. The van der Waals surface area contributed by atoms with Crippen LogP contribution in [0.4, 0.5) is 4.39 Å². The molecule has 2 N–H and O–H groups in total. The molecule has 1 saturated carbocycles. The topological polar surface area (TPSA) is 67.1 Å². The molecule has 0 bridgehead atoms. The molecule has 2 aliphatic rings. The minimum atomic E-state index is -0.124. The van der Waals surface area contributed by atoms with Crippen LogP contribution in [0.5, 0.6) is 0 Å². The van der Waals surface area contributed by atoms with E-state index in [0.29, 0.717) is 0 Å². The highest BCUT2D eigenvalue weighted by molar-refractivity contribution is 5.80. The Morgan fingerprint density at radius 3 is 2.96 bits per heavy atom. The third kappa shape index (κ3) is 3.36. The first kappa shape index (κ1) is 16.1. The number of aromatic nitrogens is 3. The second kappa shape index (κ2) is 6.46. The van der Waals surface area contributed by atoms with E-state index in [0.717, 1.165) is 49.0 Å². The molecule has 1 aromatic heterocycles. The summed E-state index contributed by atoms with van der Waals surface area (Å²) in [6.07, 6.45) is 2.84. The van der Waals surface area contributed by atoms with Gasteiger partial charge in [0.05, 0.1) is 6.54 Å². The normalized spacial score (nSPS) is 25.4. The van der Waals surface area contributed by atoms with Crippen molar-refractivity contribution in [3.63, 3.8) is 0 Å². The molecule has 2 heterocycles. The first-order valence-electron chi connectivity index (χ1n) is 8.78. The Balaban J connectivity index is 1.35. The van der Waals surface area contributed by atoms with Gasteiger partial charge in [0.2, 0.25) is 0 Å². The predicted molar refractivity (Wildman–Crippen MR) is 94.0 cm³/mol. The van der Waals surface area contributed by atoms with Crippen molar-refractivity contribution in [3.8, 4) is 0 Å². The Morgan fingerprint density at radius 1 is 1.32 bits per heavy atom. The van der Waals surface area contributed by atoms with Crippen LogP contribution >= 0.6 is 0 Å². The van der Waals surface area contributed by atoms with Crippen molar-refractivity contribution in [3.05, 3.63) is 47.3 Å². The lowest BCUT2D eigenvalue weighted by Gasteiger charge is -2.25. The standard InChI is InChI=1S/C18H23FN6/c1-11-21-17-8-7-12(10-25(17)24-11)22-18(20-2)23-16-9-14(16)13-5-3-4-6-15(13)19/h3-6,12,14,16H,7-10H2,1-2H3,(H2,20,22,23). The molecule has 25 heavy (non-hydrogen) atoms. The van der Waals surface area contributed by atoms with Gasteiger partial charge in [-0.05, 0) is 31.4 Å². The first-order chi connectivity index (χ1) is 12.1. The molecule has 1 aliphatic heterocycles. The summed E-state index contributed by atoms with van der Waals surface area (Å²) in [4.78, 5) is 8.77. The fourth-order valence-electron chi connectivity index (χ4n) is 3.57. The number of guanidine groups is 1. The summed E-state index contributed by atoms with van der Waals surface area (Å²) in [7, 11) is 1.77. The average Bonchev–Trinajstić information content (AvgIpc) is 3.25. The second-order valence-electron chi connectivity index (χ2n) is 6.82. The van der Waals surface area contributed by atoms with Crippen LogP contribution in [0, 0.1) is 12.7 Å². The van der Waals surface area contributed by atoms with E-state index in [9.17, 15) is 4.39 Å². The number of hydrogen-bond acceptors (Lipinski definition) is 3. The molecule has 2 aromatic rings. The Hall–Kier alpha value is -2.44. The molecule has 0 saturated heterocycles. The van der Waals surface area contributed by atoms with Crippen LogP contribution in [0.15, 0.2) is 29.3 Å². The molecule has 0 amide bonds. The summed E-state index contributed by atoms with van der Waals surface area (Å²) in [5.74, 6) is 2.75. The number of nitrogens with one attached hydrogen (secondary N) is 2. The lowest BCUT2D eigenvalue weighted by atomic mass is 10.1. The van der Waals surface area contributed by atoms with E-state index in [1.165, 1.54) is 6.07 Å². The Bertz CT molecular complexity index is 799. The molecule has 1 fully saturated rings. The van der Waals surface area contributed by atoms with Crippen LogP contribution in [0.25, 0.3) is 0 Å². The van der Waals surface area contributed by atoms with Crippen LogP contribution < -0.4 is 10.6 Å². The van der Waals surface area contributed by atoms with Crippen molar-refractivity contribution < 1.29 is 4.39 Å². The zero-order chi connectivity index (χ0) is 17.4. The van der Waals surface area contributed by atoms with Crippen molar-refractivity contribution in [2.24, 2.45) is 4.99 Å². The number of halogens is 1. The zero-order valence-corrected chi connectivity index (χ0v) is 14.5. The lowest BCUT2D eigenvalue weighted by Crippen LogP contribution is -2.47. The number of aliphatic imine (C=N–C) groups is 1. The Morgan fingerprint density at radius 2 is 2.16 bits per heavy atom. The van der Waals surface area contributed by atoms with E-state index in [-0.39, 0.29) is 23.8 Å². The highest BCUT2D eigenvalue weighted by Gasteiger charge is 2.40. The van der Waals surface area contributed by atoms with Crippen molar-refractivity contribution in [1.29, 1.82) is 0 Å². The zero-order valence-electron chi connectivity index (χ0n) is 14.5. The maximum Gasteiger partial charge on any atom is 0.191 e.